The van der Waals surface area contributed by atoms with E-state index in [0.717, 1.165) is 41.2 Å². The van der Waals surface area contributed by atoms with Crippen LogP contribution in [0.4, 0.5) is 0 Å². The third-order valence-corrected chi connectivity index (χ3v) is 4.74. The van der Waals surface area contributed by atoms with Crippen LogP contribution in [0.2, 0.25) is 0 Å². The van der Waals surface area contributed by atoms with E-state index in [1.165, 1.54) is 12.8 Å². The van der Waals surface area contributed by atoms with E-state index in [4.69, 9.17) is 4.74 Å². The number of piperidine rings is 1. The summed E-state index contributed by atoms with van der Waals surface area (Å²) in [5.41, 5.74) is 2.05. The molecule has 0 spiro atoms. The van der Waals surface area contributed by atoms with Crippen LogP contribution in [0.25, 0.3) is 10.9 Å². The van der Waals surface area contributed by atoms with E-state index in [0.29, 0.717) is 6.67 Å². The molecule has 22 heavy (non-hydrogen) atoms. The van der Waals surface area contributed by atoms with Gasteiger partial charge in [0.25, 0.3) is 5.56 Å². The molecular weight excluding hydrogens is 276 g/mol. The molecular formula is C18H24N2O2. The van der Waals surface area contributed by atoms with Crippen molar-refractivity contribution in [1.29, 1.82) is 0 Å². The molecule has 4 nitrogen and oxygen atoms in total. The average Bonchev–Trinajstić information content (AvgIpc) is 2.52. The quantitative estimate of drug-likeness (QED) is 0.874. The fourth-order valence-electron chi connectivity index (χ4n) is 3.20. The Balaban J connectivity index is 2.02. The number of hydrogen-bond donors (Lipinski definition) is 0. The molecule has 1 aliphatic rings. The Morgan fingerprint density at radius 3 is 2.64 bits per heavy atom. The highest BCUT2D eigenvalue weighted by Gasteiger charge is 2.17. The highest BCUT2D eigenvalue weighted by molar-refractivity contribution is 5.83. The Labute approximate surface area is 131 Å². The van der Waals surface area contributed by atoms with E-state index in [-0.39, 0.29) is 5.56 Å². The number of ether oxygens (including phenoxy) is 1. The first kappa shape index (κ1) is 15.1. The molecule has 0 amide bonds. The molecule has 1 aromatic carbocycles. The van der Waals surface area contributed by atoms with E-state index in [9.17, 15) is 4.79 Å². The van der Waals surface area contributed by atoms with Crippen molar-refractivity contribution in [3.8, 4) is 5.75 Å². The lowest BCUT2D eigenvalue weighted by Crippen LogP contribution is -2.37. The minimum atomic E-state index is 0.0666. The summed E-state index contributed by atoms with van der Waals surface area (Å²) in [6, 6.07) is 7.70. The van der Waals surface area contributed by atoms with Gasteiger partial charge in [0.15, 0.2) is 0 Å². The van der Waals surface area contributed by atoms with Gasteiger partial charge in [0.1, 0.15) is 5.75 Å². The van der Waals surface area contributed by atoms with Crippen LogP contribution in [-0.2, 0) is 6.67 Å². The fourth-order valence-corrected chi connectivity index (χ4v) is 3.20. The zero-order valence-electron chi connectivity index (χ0n) is 13.6. The Morgan fingerprint density at radius 1 is 1.23 bits per heavy atom. The molecule has 0 aliphatic carbocycles. The molecule has 0 N–H and O–H groups in total. The number of methoxy groups -OCH3 is 1. The van der Waals surface area contributed by atoms with Crippen LogP contribution in [-0.4, -0.2) is 29.7 Å². The van der Waals surface area contributed by atoms with Gasteiger partial charge in [-0.1, -0.05) is 6.92 Å². The summed E-state index contributed by atoms with van der Waals surface area (Å²) < 4.78 is 7.21. The zero-order chi connectivity index (χ0) is 15.7. The number of likely N-dealkylation sites (tertiary alicyclic amines) is 1. The van der Waals surface area contributed by atoms with Crippen molar-refractivity contribution in [2.45, 2.75) is 33.4 Å². The van der Waals surface area contributed by atoms with Crippen molar-refractivity contribution in [1.82, 2.24) is 9.47 Å². The molecule has 0 unspecified atom stereocenters. The van der Waals surface area contributed by atoms with E-state index in [1.54, 1.807) is 13.2 Å². The first-order valence-corrected chi connectivity index (χ1v) is 7.99. The Hall–Kier alpha value is -1.81. The van der Waals surface area contributed by atoms with Crippen molar-refractivity contribution < 1.29 is 4.74 Å². The summed E-state index contributed by atoms with van der Waals surface area (Å²) in [6.45, 7) is 7.08. The van der Waals surface area contributed by atoms with Gasteiger partial charge in [0, 0.05) is 30.6 Å². The maximum atomic E-state index is 12.5. The fraction of sp³-hybridized carbons (Fsp3) is 0.500. The van der Waals surface area contributed by atoms with Gasteiger partial charge in [-0.3, -0.25) is 14.3 Å². The van der Waals surface area contributed by atoms with Crippen molar-refractivity contribution in [2.75, 3.05) is 20.2 Å². The molecule has 1 aliphatic heterocycles. The van der Waals surface area contributed by atoms with Gasteiger partial charge in [-0.25, -0.2) is 0 Å². The highest BCUT2D eigenvalue weighted by atomic mass is 16.5. The molecule has 0 bridgehead atoms. The normalized spacial score (nSPS) is 17.0. The second-order valence-electron chi connectivity index (χ2n) is 6.42. The summed E-state index contributed by atoms with van der Waals surface area (Å²) >= 11 is 0. The largest absolute Gasteiger partial charge is 0.497 e. The Kier molecular flexibility index (Phi) is 4.21. The zero-order valence-corrected chi connectivity index (χ0v) is 13.6. The topological polar surface area (TPSA) is 34.5 Å². The molecule has 0 radical (unpaired) electrons. The van der Waals surface area contributed by atoms with Gasteiger partial charge in [-0.15, -0.1) is 0 Å². The minimum Gasteiger partial charge on any atom is -0.497 e. The van der Waals surface area contributed by atoms with Gasteiger partial charge < -0.3 is 4.74 Å². The molecule has 118 valence electrons. The van der Waals surface area contributed by atoms with E-state index >= 15 is 0 Å². The van der Waals surface area contributed by atoms with E-state index < -0.39 is 0 Å². The second-order valence-corrected chi connectivity index (χ2v) is 6.42. The first-order valence-electron chi connectivity index (χ1n) is 7.99. The van der Waals surface area contributed by atoms with Gasteiger partial charge in [-0.2, -0.15) is 0 Å². The molecule has 1 aromatic heterocycles. The lowest BCUT2D eigenvalue weighted by Gasteiger charge is -2.31. The molecule has 1 fully saturated rings. The highest BCUT2D eigenvalue weighted by Crippen LogP contribution is 2.23. The standard InChI is InChI=1S/C18H24N2O2/c1-13-6-8-19(9-7-13)12-20-17-11-15(22-3)4-5-16(17)14(2)10-18(20)21/h4-5,10-11,13H,6-9,12H2,1-3H3. The molecule has 2 heterocycles. The summed E-state index contributed by atoms with van der Waals surface area (Å²) in [6.07, 6.45) is 2.42. The van der Waals surface area contributed by atoms with Crippen LogP contribution in [0.3, 0.4) is 0 Å². The van der Waals surface area contributed by atoms with Crippen molar-refractivity contribution in [2.24, 2.45) is 5.92 Å². The van der Waals surface area contributed by atoms with Crippen molar-refractivity contribution in [3.05, 3.63) is 40.2 Å². The number of nitrogens with zero attached hydrogens (tertiary/aromatic N) is 2. The number of hydrogen-bond acceptors (Lipinski definition) is 3. The smallest absolute Gasteiger partial charge is 0.252 e. The maximum Gasteiger partial charge on any atom is 0.252 e. The van der Waals surface area contributed by atoms with Crippen LogP contribution < -0.4 is 10.3 Å². The van der Waals surface area contributed by atoms with Gasteiger partial charge >= 0.3 is 0 Å². The lowest BCUT2D eigenvalue weighted by molar-refractivity contribution is 0.154. The summed E-state index contributed by atoms with van der Waals surface area (Å²) in [5, 5.41) is 1.12. The SMILES string of the molecule is COc1ccc2c(C)cc(=O)n(CN3CCC(C)CC3)c2c1. The van der Waals surface area contributed by atoms with E-state index in [2.05, 4.69) is 11.8 Å². The summed E-state index contributed by atoms with van der Waals surface area (Å²) in [4.78, 5) is 14.9. The molecule has 2 aromatic rings. The Bertz CT molecular complexity index is 728. The first-order chi connectivity index (χ1) is 10.6. The summed E-state index contributed by atoms with van der Waals surface area (Å²) in [7, 11) is 1.66. The van der Waals surface area contributed by atoms with Crippen LogP contribution in [0.15, 0.2) is 29.1 Å². The number of pyridine rings is 1. The molecule has 3 rings (SSSR count). The molecule has 0 atom stereocenters. The Morgan fingerprint density at radius 2 is 1.95 bits per heavy atom. The summed E-state index contributed by atoms with van der Waals surface area (Å²) in [5.74, 6) is 1.58. The molecule has 0 saturated carbocycles. The minimum absolute atomic E-state index is 0.0666. The van der Waals surface area contributed by atoms with Crippen molar-refractivity contribution in [3.63, 3.8) is 0 Å². The van der Waals surface area contributed by atoms with Gasteiger partial charge in [-0.05, 0) is 43.4 Å². The number of rotatable bonds is 3. The van der Waals surface area contributed by atoms with E-state index in [1.807, 2.05) is 29.7 Å². The second kappa shape index (κ2) is 6.13. The third-order valence-electron chi connectivity index (χ3n) is 4.74. The third kappa shape index (κ3) is 2.88. The lowest BCUT2D eigenvalue weighted by atomic mass is 10.00. The van der Waals surface area contributed by atoms with Gasteiger partial charge in [0.2, 0.25) is 0 Å². The number of benzene rings is 1. The van der Waals surface area contributed by atoms with Crippen LogP contribution in [0.5, 0.6) is 5.75 Å². The number of aromatic nitrogens is 1. The predicted molar refractivity (Wildman–Crippen MR) is 89.5 cm³/mol. The average molecular weight is 300 g/mol. The molecule has 4 heteroatoms. The van der Waals surface area contributed by atoms with Crippen LogP contribution in [0.1, 0.15) is 25.3 Å². The maximum absolute atomic E-state index is 12.5. The number of fused-ring (bicyclic) bond motifs is 1. The van der Waals surface area contributed by atoms with Gasteiger partial charge in [0.05, 0.1) is 19.3 Å². The molecule has 1 saturated heterocycles. The van der Waals surface area contributed by atoms with Crippen LogP contribution >= 0.6 is 0 Å². The van der Waals surface area contributed by atoms with Crippen LogP contribution in [0, 0.1) is 12.8 Å². The monoisotopic (exact) mass is 300 g/mol. The number of aryl methyl sites for hydroxylation is 1. The van der Waals surface area contributed by atoms with Crippen molar-refractivity contribution >= 4 is 10.9 Å². The predicted octanol–water partition coefficient (Wildman–Crippen LogP) is 3.01.